The Morgan fingerprint density at radius 2 is 1.90 bits per heavy atom. The van der Waals surface area contributed by atoms with E-state index >= 15 is 0 Å². The van der Waals surface area contributed by atoms with Crippen LogP contribution >= 0.6 is 0 Å². The Kier molecular flexibility index (Phi) is 2.59. The predicted octanol–water partition coefficient (Wildman–Crippen LogP) is -0.297. The molecule has 1 aromatic rings. The third-order valence-electron chi connectivity index (χ3n) is 1.12. The second-order valence-electron chi connectivity index (χ2n) is 1.77. The van der Waals surface area contributed by atoms with Gasteiger partial charge in [0.15, 0.2) is 0 Å². The van der Waals surface area contributed by atoms with Crippen LogP contribution in [0.2, 0.25) is 0 Å². The molecule has 0 fully saturated rings. The van der Waals surface area contributed by atoms with E-state index < -0.39 is 14.6 Å². The van der Waals surface area contributed by atoms with Crippen LogP contribution < -0.4 is 10.3 Å². The zero-order valence-corrected chi connectivity index (χ0v) is 7.38. The van der Waals surface area contributed by atoms with Gasteiger partial charge in [-0.15, -0.1) is 0 Å². The van der Waals surface area contributed by atoms with Gasteiger partial charge in [0.05, 0.1) is 0 Å². The van der Waals surface area contributed by atoms with E-state index in [1.807, 2.05) is 6.07 Å². The van der Waals surface area contributed by atoms with Crippen LogP contribution in [0.4, 0.5) is 0 Å². The summed E-state index contributed by atoms with van der Waals surface area (Å²) in [6.07, 6.45) is 0. The molecule has 0 aliphatic rings. The van der Waals surface area contributed by atoms with Gasteiger partial charge in [-0.05, 0) is 0 Å². The van der Waals surface area contributed by atoms with E-state index in [4.69, 9.17) is 5.90 Å². The number of nitrogens with two attached hydrogens (primary N) is 1. The van der Waals surface area contributed by atoms with Gasteiger partial charge in [0.2, 0.25) is 0 Å². The predicted molar refractivity (Wildman–Crippen MR) is 37.8 cm³/mol. The number of benzene rings is 1. The molecule has 0 saturated heterocycles. The van der Waals surface area contributed by atoms with Gasteiger partial charge in [0.25, 0.3) is 0 Å². The molecule has 1 aromatic carbocycles. The van der Waals surface area contributed by atoms with Crippen molar-refractivity contribution in [1.82, 2.24) is 0 Å². The summed E-state index contributed by atoms with van der Waals surface area (Å²) in [5, 5.41) is 0. The summed E-state index contributed by atoms with van der Waals surface area (Å²) >= 11 is -2.76. The van der Waals surface area contributed by atoms with Crippen molar-refractivity contribution in [2.24, 2.45) is 5.90 Å². The topological polar surface area (TPSA) is 52.3 Å². The molecule has 52 valence electrons. The van der Waals surface area contributed by atoms with Crippen molar-refractivity contribution in [3.05, 3.63) is 30.3 Å². The molecular weight excluding hydrogens is 191 g/mol. The summed E-state index contributed by atoms with van der Waals surface area (Å²) < 4.78 is 15.9. The van der Waals surface area contributed by atoms with Gasteiger partial charge in [-0.3, -0.25) is 0 Å². The number of hydrogen-bond acceptors (Lipinski definition) is 3. The molecule has 0 heterocycles. The van der Waals surface area contributed by atoms with E-state index in [1.165, 1.54) is 0 Å². The Morgan fingerprint density at radius 1 is 1.30 bits per heavy atom. The van der Waals surface area contributed by atoms with E-state index in [0.717, 1.165) is 0 Å². The SMILES string of the molecule is N[O][Ge](=[O])[c]1ccccc1. The minimum atomic E-state index is -2.76. The van der Waals surface area contributed by atoms with Crippen molar-refractivity contribution in [2.75, 3.05) is 0 Å². The summed E-state index contributed by atoms with van der Waals surface area (Å²) in [5.41, 5.74) is 0. The van der Waals surface area contributed by atoms with Crippen molar-refractivity contribution < 1.29 is 7.64 Å². The molecule has 2 N–H and O–H groups in total. The Balaban J connectivity index is 2.85. The van der Waals surface area contributed by atoms with Crippen LogP contribution in [0.15, 0.2) is 30.3 Å². The monoisotopic (exact) mass is 199 g/mol. The third kappa shape index (κ3) is 1.65. The van der Waals surface area contributed by atoms with Gasteiger partial charge < -0.3 is 0 Å². The first-order chi connectivity index (χ1) is 4.84. The first kappa shape index (κ1) is 7.43. The molecule has 3 nitrogen and oxygen atoms in total. The fourth-order valence-electron chi connectivity index (χ4n) is 0.642. The van der Waals surface area contributed by atoms with Crippen LogP contribution in [0.25, 0.3) is 0 Å². The molecule has 0 saturated carbocycles. The average molecular weight is 198 g/mol. The Morgan fingerprint density at radius 3 is 2.40 bits per heavy atom. The average Bonchev–Trinajstić information content (AvgIpc) is 2.05. The molecule has 0 atom stereocenters. The fourth-order valence-corrected chi connectivity index (χ4v) is 1.90. The fraction of sp³-hybridized carbons (Fsp3) is 0. The maximum atomic E-state index is 10.9. The molecule has 0 bridgehead atoms. The van der Waals surface area contributed by atoms with Gasteiger partial charge in [-0.2, -0.15) is 0 Å². The third-order valence-corrected chi connectivity index (χ3v) is 3.25. The molecule has 4 heteroatoms. The first-order valence-electron chi connectivity index (χ1n) is 2.80. The summed E-state index contributed by atoms with van der Waals surface area (Å²) in [6, 6.07) is 8.95. The van der Waals surface area contributed by atoms with Crippen molar-refractivity contribution in [1.29, 1.82) is 0 Å². The first-order valence-corrected chi connectivity index (χ1v) is 5.57. The second-order valence-corrected chi connectivity index (χ2v) is 4.68. The van der Waals surface area contributed by atoms with Crippen molar-refractivity contribution in [2.45, 2.75) is 0 Å². The van der Waals surface area contributed by atoms with Gasteiger partial charge in [0.1, 0.15) is 0 Å². The van der Waals surface area contributed by atoms with Crippen LogP contribution in [0, 0.1) is 0 Å². The summed E-state index contributed by atoms with van der Waals surface area (Å²) in [5.74, 6) is 4.77. The minimum absolute atomic E-state index is 0.713. The normalized spacial score (nSPS) is 8.90. The Bertz CT molecular complexity index is 224. The van der Waals surface area contributed by atoms with E-state index in [2.05, 4.69) is 3.86 Å². The van der Waals surface area contributed by atoms with Crippen LogP contribution in [0.5, 0.6) is 0 Å². The second kappa shape index (κ2) is 3.48. The number of rotatable bonds is 2. The molecule has 0 radical (unpaired) electrons. The summed E-state index contributed by atoms with van der Waals surface area (Å²) in [4.78, 5) is 0. The molecule has 0 amide bonds. The Labute approximate surface area is 63.4 Å². The summed E-state index contributed by atoms with van der Waals surface area (Å²) in [6.45, 7) is 0. The molecule has 0 aliphatic carbocycles. The molecule has 1 rings (SSSR count). The molecule has 10 heavy (non-hydrogen) atoms. The molecule has 0 unspecified atom stereocenters. The van der Waals surface area contributed by atoms with Crippen LogP contribution in [0.1, 0.15) is 0 Å². The molecule has 0 aliphatic heterocycles. The zero-order chi connectivity index (χ0) is 7.40. The number of hydrogen-bond donors (Lipinski definition) is 1. The van der Waals surface area contributed by atoms with Crippen LogP contribution in [-0.4, -0.2) is 14.6 Å². The van der Waals surface area contributed by atoms with Gasteiger partial charge in [-0.25, -0.2) is 0 Å². The zero-order valence-electron chi connectivity index (χ0n) is 5.28. The van der Waals surface area contributed by atoms with Crippen molar-refractivity contribution in [3.8, 4) is 0 Å². The van der Waals surface area contributed by atoms with E-state index in [9.17, 15) is 3.78 Å². The van der Waals surface area contributed by atoms with Gasteiger partial charge >= 0.3 is 62.9 Å². The van der Waals surface area contributed by atoms with Crippen molar-refractivity contribution in [3.63, 3.8) is 0 Å². The van der Waals surface area contributed by atoms with Crippen LogP contribution in [0.3, 0.4) is 0 Å². The van der Waals surface area contributed by atoms with Crippen LogP contribution in [-0.2, 0) is 7.64 Å². The molecular formula is C6H7GeNO2. The molecule has 0 spiro atoms. The van der Waals surface area contributed by atoms with E-state index in [0.29, 0.717) is 4.40 Å². The van der Waals surface area contributed by atoms with E-state index in [-0.39, 0.29) is 0 Å². The maximum absolute atomic E-state index is 10.9. The van der Waals surface area contributed by atoms with Crippen molar-refractivity contribution >= 4 is 19.0 Å². The quantitative estimate of drug-likeness (QED) is 0.524. The standard InChI is InChI=1S/C6H7GeNO2/c8-10-7(9)6-4-2-1-3-5-6/h1-5H,8H2. The summed E-state index contributed by atoms with van der Waals surface area (Å²) in [7, 11) is 0. The van der Waals surface area contributed by atoms with Gasteiger partial charge in [-0.1, -0.05) is 0 Å². The van der Waals surface area contributed by atoms with Gasteiger partial charge in [0, 0.05) is 0 Å². The Hall–Kier alpha value is -0.677. The van der Waals surface area contributed by atoms with E-state index in [1.54, 1.807) is 24.3 Å². The molecule has 0 aromatic heterocycles.